The van der Waals surface area contributed by atoms with Crippen LogP contribution in [0, 0.1) is 0 Å². The molecule has 9 heteroatoms. The second-order valence-corrected chi connectivity index (χ2v) is 5.88. The Kier molecular flexibility index (Phi) is 6.32. The minimum atomic E-state index is -0.664. The average Bonchev–Trinajstić information content (AvgIpc) is 2.58. The first kappa shape index (κ1) is 18.7. The van der Waals surface area contributed by atoms with E-state index in [0.29, 0.717) is 16.5 Å². The van der Waals surface area contributed by atoms with Crippen LogP contribution in [0.3, 0.4) is 0 Å². The summed E-state index contributed by atoms with van der Waals surface area (Å²) in [6.07, 6.45) is 4.78. The average molecular weight is 380 g/mol. The zero-order valence-corrected chi connectivity index (χ0v) is 14.5. The molecule has 0 fully saturated rings. The first-order valence-corrected chi connectivity index (χ1v) is 7.90. The molecule has 0 spiro atoms. The molecule has 0 atom stereocenters. The molecule has 25 heavy (non-hydrogen) atoms. The molecule has 0 bridgehead atoms. The monoisotopic (exact) mass is 379 g/mol. The van der Waals surface area contributed by atoms with Gasteiger partial charge in [0.25, 0.3) is 5.91 Å². The van der Waals surface area contributed by atoms with Crippen LogP contribution in [0.4, 0.5) is 0 Å². The lowest BCUT2D eigenvalue weighted by Crippen LogP contribution is -2.34. The lowest BCUT2D eigenvalue weighted by molar-refractivity contribution is -0.121. The molecule has 0 aliphatic rings. The Hall–Kier alpha value is -2.64. The van der Waals surface area contributed by atoms with Gasteiger partial charge in [0.15, 0.2) is 5.82 Å². The predicted molar refractivity (Wildman–Crippen MR) is 95.7 cm³/mol. The lowest BCUT2D eigenvalue weighted by Gasteiger charge is -2.07. The first-order chi connectivity index (χ1) is 11.9. The SMILES string of the molecule is N/C=C(/C(=O)NCC(N)=O)c1ncc(Cc2ccc(Cl)c(Cl)c2)cn1. The van der Waals surface area contributed by atoms with E-state index in [0.717, 1.165) is 17.3 Å². The summed E-state index contributed by atoms with van der Waals surface area (Å²) < 4.78 is 0. The number of carbonyl (C=O) groups is 2. The molecule has 5 N–H and O–H groups in total. The van der Waals surface area contributed by atoms with Crippen molar-refractivity contribution < 1.29 is 9.59 Å². The van der Waals surface area contributed by atoms with Gasteiger partial charge in [0.2, 0.25) is 5.91 Å². The molecule has 2 rings (SSSR count). The molecule has 0 radical (unpaired) electrons. The van der Waals surface area contributed by atoms with E-state index in [9.17, 15) is 9.59 Å². The van der Waals surface area contributed by atoms with Crippen molar-refractivity contribution in [2.24, 2.45) is 11.5 Å². The molecule has 1 heterocycles. The quantitative estimate of drug-likeness (QED) is 0.651. The van der Waals surface area contributed by atoms with E-state index >= 15 is 0 Å². The van der Waals surface area contributed by atoms with E-state index in [1.165, 1.54) is 0 Å². The van der Waals surface area contributed by atoms with Crippen molar-refractivity contribution in [2.45, 2.75) is 6.42 Å². The summed E-state index contributed by atoms with van der Waals surface area (Å²) in [6.45, 7) is -0.300. The fraction of sp³-hybridized carbons (Fsp3) is 0.125. The fourth-order valence-electron chi connectivity index (χ4n) is 1.98. The molecule has 0 aliphatic heterocycles. The molecule has 0 unspecified atom stereocenters. The number of aromatic nitrogens is 2. The third kappa shape index (κ3) is 5.17. The summed E-state index contributed by atoms with van der Waals surface area (Å²) in [4.78, 5) is 30.9. The highest BCUT2D eigenvalue weighted by Gasteiger charge is 2.15. The van der Waals surface area contributed by atoms with Crippen molar-refractivity contribution in [2.75, 3.05) is 6.54 Å². The van der Waals surface area contributed by atoms with E-state index in [1.54, 1.807) is 24.5 Å². The standard InChI is InChI=1S/C16H15Cl2N5O2/c17-12-2-1-9(4-13(12)18)3-10-6-21-15(22-7-10)11(5-19)16(25)23-8-14(20)24/h1-2,4-7H,3,8,19H2,(H2,20,24)(H,23,25)/b11-5+. The number of benzene rings is 1. The third-order valence-corrected chi connectivity index (χ3v) is 3.91. The summed E-state index contributed by atoms with van der Waals surface area (Å²) in [5, 5.41) is 3.28. The van der Waals surface area contributed by atoms with E-state index in [4.69, 9.17) is 34.7 Å². The van der Waals surface area contributed by atoms with Gasteiger partial charge in [-0.15, -0.1) is 0 Å². The maximum atomic E-state index is 12.0. The number of halogens is 2. The van der Waals surface area contributed by atoms with Gasteiger partial charge in [-0.2, -0.15) is 0 Å². The lowest BCUT2D eigenvalue weighted by atomic mass is 10.1. The van der Waals surface area contributed by atoms with Gasteiger partial charge in [-0.3, -0.25) is 9.59 Å². The number of hydrogen-bond acceptors (Lipinski definition) is 5. The van der Waals surface area contributed by atoms with Gasteiger partial charge in [0, 0.05) is 25.0 Å². The van der Waals surface area contributed by atoms with E-state index in [-0.39, 0.29) is 17.9 Å². The topological polar surface area (TPSA) is 124 Å². The maximum Gasteiger partial charge on any atom is 0.257 e. The zero-order valence-electron chi connectivity index (χ0n) is 13.0. The Morgan fingerprint density at radius 2 is 1.80 bits per heavy atom. The third-order valence-electron chi connectivity index (χ3n) is 3.17. The minimum Gasteiger partial charge on any atom is -0.404 e. The largest absolute Gasteiger partial charge is 0.404 e. The predicted octanol–water partition coefficient (Wildman–Crippen LogP) is 1.28. The maximum absolute atomic E-state index is 12.0. The van der Waals surface area contributed by atoms with Crippen molar-refractivity contribution in [1.29, 1.82) is 0 Å². The van der Waals surface area contributed by atoms with Crippen molar-refractivity contribution in [3.8, 4) is 0 Å². The molecule has 0 saturated carbocycles. The van der Waals surface area contributed by atoms with Crippen molar-refractivity contribution in [3.63, 3.8) is 0 Å². The molecule has 0 saturated heterocycles. The van der Waals surface area contributed by atoms with Crippen LogP contribution < -0.4 is 16.8 Å². The highest BCUT2D eigenvalue weighted by atomic mass is 35.5. The van der Waals surface area contributed by atoms with Gasteiger partial charge < -0.3 is 16.8 Å². The Balaban J connectivity index is 2.11. The molecular formula is C16H15Cl2N5O2. The van der Waals surface area contributed by atoms with Crippen LogP contribution in [0.5, 0.6) is 0 Å². The number of hydrogen-bond donors (Lipinski definition) is 3. The van der Waals surface area contributed by atoms with Gasteiger partial charge in [-0.25, -0.2) is 9.97 Å². The summed E-state index contributed by atoms with van der Waals surface area (Å²) in [6, 6.07) is 5.33. The van der Waals surface area contributed by atoms with Gasteiger partial charge in [-0.05, 0) is 23.3 Å². The van der Waals surface area contributed by atoms with E-state index < -0.39 is 11.8 Å². The van der Waals surface area contributed by atoms with Crippen LogP contribution in [0.15, 0.2) is 36.8 Å². The fourth-order valence-corrected chi connectivity index (χ4v) is 2.31. The second-order valence-electron chi connectivity index (χ2n) is 5.07. The molecule has 2 aromatic rings. The van der Waals surface area contributed by atoms with Gasteiger partial charge in [-0.1, -0.05) is 29.3 Å². The van der Waals surface area contributed by atoms with Crippen molar-refractivity contribution in [3.05, 3.63) is 63.8 Å². The first-order valence-electron chi connectivity index (χ1n) is 7.14. The summed E-state index contributed by atoms with van der Waals surface area (Å²) in [5.41, 5.74) is 12.2. The molecular weight excluding hydrogens is 365 g/mol. The highest BCUT2D eigenvalue weighted by Crippen LogP contribution is 2.23. The Morgan fingerprint density at radius 3 is 2.36 bits per heavy atom. The van der Waals surface area contributed by atoms with E-state index in [2.05, 4.69) is 15.3 Å². The highest BCUT2D eigenvalue weighted by molar-refractivity contribution is 6.42. The van der Waals surface area contributed by atoms with Gasteiger partial charge >= 0.3 is 0 Å². The summed E-state index contributed by atoms with van der Waals surface area (Å²) in [5.74, 6) is -1.11. The Bertz CT molecular complexity index is 822. The van der Waals surface area contributed by atoms with E-state index in [1.807, 2.05) is 6.07 Å². The summed E-state index contributed by atoms with van der Waals surface area (Å²) >= 11 is 11.9. The smallest absolute Gasteiger partial charge is 0.257 e. The minimum absolute atomic E-state index is 0.0438. The zero-order chi connectivity index (χ0) is 18.4. The van der Waals surface area contributed by atoms with Crippen molar-refractivity contribution >= 4 is 40.6 Å². The number of primary amides is 1. The van der Waals surface area contributed by atoms with Crippen LogP contribution >= 0.6 is 23.2 Å². The number of rotatable bonds is 6. The van der Waals surface area contributed by atoms with Crippen LogP contribution in [0.25, 0.3) is 5.57 Å². The number of nitrogens with two attached hydrogens (primary N) is 2. The van der Waals surface area contributed by atoms with Gasteiger partial charge in [0.05, 0.1) is 22.2 Å². The summed E-state index contributed by atoms with van der Waals surface area (Å²) in [7, 11) is 0. The second kappa shape index (κ2) is 8.46. The Labute approximate surface area is 154 Å². The molecule has 1 aromatic heterocycles. The van der Waals surface area contributed by atoms with Crippen LogP contribution in [0.2, 0.25) is 10.0 Å². The Morgan fingerprint density at radius 1 is 1.12 bits per heavy atom. The number of amides is 2. The normalized spacial score (nSPS) is 11.2. The molecule has 1 aromatic carbocycles. The molecule has 0 aliphatic carbocycles. The number of nitrogens with zero attached hydrogens (tertiary/aromatic N) is 2. The van der Waals surface area contributed by atoms with Crippen LogP contribution in [-0.2, 0) is 16.0 Å². The molecule has 7 nitrogen and oxygen atoms in total. The van der Waals surface area contributed by atoms with Gasteiger partial charge in [0.1, 0.15) is 0 Å². The molecule has 130 valence electrons. The van der Waals surface area contributed by atoms with Crippen molar-refractivity contribution in [1.82, 2.24) is 15.3 Å². The molecule has 2 amide bonds. The number of nitrogens with one attached hydrogen (secondary N) is 1. The van der Waals surface area contributed by atoms with Crippen LogP contribution in [-0.4, -0.2) is 28.3 Å². The van der Waals surface area contributed by atoms with Crippen LogP contribution in [0.1, 0.15) is 17.0 Å². The number of carbonyl (C=O) groups excluding carboxylic acids is 2.